The number of piperidine rings is 1. The molecule has 0 aromatic heterocycles. The Bertz CT molecular complexity index is 1030. The van der Waals surface area contributed by atoms with Crippen LogP contribution in [0.2, 0.25) is 0 Å². The van der Waals surface area contributed by atoms with E-state index >= 15 is 13.2 Å². The van der Waals surface area contributed by atoms with Gasteiger partial charge in [0.15, 0.2) is 0 Å². The molecule has 0 saturated carbocycles. The number of alkyl halides is 3. The molecule has 3 aromatic rings. The fourth-order valence-electron chi connectivity index (χ4n) is 5.01. The molecule has 0 aliphatic carbocycles. The van der Waals surface area contributed by atoms with Crippen molar-refractivity contribution in [2.45, 2.75) is 43.7 Å². The highest BCUT2D eigenvalue weighted by atomic mass is 19.4. The molecule has 3 aromatic carbocycles. The summed E-state index contributed by atoms with van der Waals surface area (Å²) in [4.78, 5) is 2.30. The average Bonchev–Trinajstić information content (AvgIpc) is 2.78. The minimum atomic E-state index is -4.51. The Balaban J connectivity index is 1.88. The molecule has 4 heteroatoms. The van der Waals surface area contributed by atoms with Crippen molar-refractivity contribution in [3.05, 3.63) is 107 Å². The fourth-order valence-corrected chi connectivity index (χ4v) is 5.01. The van der Waals surface area contributed by atoms with Crippen LogP contribution in [0.3, 0.4) is 0 Å². The highest BCUT2D eigenvalue weighted by molar-refractivity contribution is 5.53. The zero-order chi connectivity index (χ0) is 23.0. The lowest BCUT2D eigenvalue weighted by Crippen LogP contribution is -2.44. The van der Waals surface area contributed by atoms with Gasteiger partial charge in [0, 0.05) is 0 Å². The largest absolute Gasteiger partial charge is 0.406 e. The second-order valence-corrected chi connectivity index (χ2v) is 9.42. The molecule has 1 nitrogen and oxygen atoms in total. The van der Waals surface area contributed by atoms with Crippen LogP contribution in [-0.4, -0.2) is 31.2 Å². The van der Waals surface area contributed by atoms with Gasteiger partial charge >= 0.3 is 6.18 Å². The van der Waals surface area contributed by atoms with Gasteiger partial charge < -0.3 is 4.90 Å². The molecule has 0 amide bonds. The first-order chi connectivity index (χ1) is 15.2. The van der Waals surface area contributed by atoms with E-state index in [9.17, 15) is 0 Å². The minimum Gasteiger partial charge on any atom is -0.306 e. The van der Waals surface area contributed by atoms with Crippen LogP contribution in [0.15, 0.2) is 78.9 Å². The fraction of sp³-hybridized carbons (Fsp3) is 0.357. The molecule has 32 heavy (non-hydrogen) atoms. The summed E-state index contributed by atoms with van der Waals surface area (Å²) in [6, 6.07) is 22.2. The van der Waals surface area contributed by atoms with Gasteiger partial charge in [0.05, 0.1) is 0 Å². The van der Waals surface area contributed by atoms with Crippen molar-refractivity contribution in [1.82, 2.24) is 4.90 Å². The third-order valence-corrected chi connectivity index (χ3v) is 7.22. The first-order valence-electron chi connectivity index (χ1n) is 11.2. The van der Waals surface area contributed by atoms with E-state index in [1.54, 1.807) is 66.7 Å². The second kappa shape index (κ2) is 8.40. The molecule has 1 aliphatic heterocycles. The minimum absolute atomic E-state index is 0.0114. The Morgan fingerprint density at radius 2 is 1.19 bits per heavy atom. The van der Waals surface area contributed by atoms with Crippen LogP contribution < -0.4 is 0 Å². The molecule has 1 saturated heterocycles. The molecular weight excluding hydrogens is 407 g/mol. The number of benzene rings is 3. The monoisotopic (exact) mass is 437 g/mol. The standard InChI is InChI=1S/C28H30F3N/c1-21-9-11-24(12-10-21)27(28(29,30)31,23-7-5-4-6-8-23)25-15-13-22(14-16-25)26(2)17-19-32(3)20-18-26/h4-16H,17-20H2,1-3H3. The Kier molecular flexibility index (Phi) is 5.93. The molecular formula is C28H30F3N. The van der Waals surface area contributed by atoms with Crippen molar-refractivity contribution < 1.29 is 13.2 Å². The van der Waals surface area contributed by atoms with E-state index in [4.69, 9.17) is 0 Å². The molecule has 1 atom stereocenters. The van der Waals surface area contributed by atoms with Gasteiger partial charge in [-0.25, -0.2) is 0 Å². The molecule has 1 aliphatic rings. The maximum Gasteiger partial charge on any atom is 0.406 e. The smallest absolute Gasteiger partial charge is 0.306 e. The highest BCUT2D eigenvalue weighted by Gasteiger charge is 2.58. The van der Waals surface area contributed by atoms with Crippen molar-refractivity contribution >= 4 is 0 Å². The summed E-state index contributed by atoms with van der Waals surface area (Å²) in [6.45, 7) is 6.11. The summed E-state index contributed by atoms with van der Waals surface area (Å²) >= 11 is 0. The van der Waals surface area contributed by atoms with Crippen LogP contribution in [0, 0.1) is 6.92 Å². The molecule has 1 unspecified atom stereocenters. The molecule has 0 radical (unpaired) electrons. The van der Waals surface area contributed by atoms with Crippen LogP contribution in [0.5, 0.6) is 0 Å². The van der Waals surface area contributed by atoms with Gasteiger partial charge in [-0.15, -0.1) is 0 Å². The molecule has 0 N–H and O–H groups in total. The van der Waals surface area contributed by atoms with Crippen molar-refractivity contribution in [2.24, 2.45) is 0 Å². The van der Waals surface area contributed by atoms with Gasteiger partial charge in [-0.1, -0.05) is 91.3 Å². The van der Waals surface area contributed by atoms with Crippen molar-refractivity contribution in [3.8, 4) is 0 Å². The first-order valence-corrected chi connectivity index (χ1v) is 11.2. The number of hydrogen-bond donors (Lipinski definition) is 0. The quantitative estimate of drug-likeness (QED) is 0.402. The van der Waals surface area contributed by atoms with Gasteiger partial charge in [-0.3, -0.25) is 0 Å². The highest BCUT2D eigenvalue weighted by Crippen LogP contribution is 2.51. The van der Waals surface area contributed by atoms with Gasteiger partial charge in [0.2, 0.25) is 0 Å². The number of aryl methyl sites for hydroxylation is 1. The summed E-state index contributed by atoms with van der Waals surface area (Å²) in [6.07, 6.45) is -2.50. The molecule has 0 spiro atoms. The lowest BCUT2D eigenvalue weighted by molar-refractivity contribution is -0.166. The molecule has 1 heterocycles. The Morgan fingerprint density at radius 3 is 1.69 bits per heavy atom. The summed E-state index contributed by atoms with van der Waals surface area (Å²) in [7, 11) is 2.11. The lowest BCUT2D eigenvalue weighted by atomic mass is 9.67. The summed E-state index contributed by atoms with van der Waals surface area (Å²) in [5, 5.41) is 0. The average molecular weight is 438 g/mol. The van der Waals surface area contributed by atoms with Gasteiger partial charge in [-0.05, 0) is 67.6 Å². The van der Waals surface area contributed by atoms with E-state index in [1.165, 1.54) is 0 Å². The summed E-state index contributed by atoms with van der Waals surface area (Å²) < 4.78 is 45.3. The number of rotatable bonds is 4. The second-order valence-electron chi connectivity index (χ2n) is 9.42. The van der Waals surface area contributed by atoms with E-state index in [0.717, 1.165) is 37.1 Å². The molecule has 168 valence electrons. The van der Waals surface area contributed by atoms with Gasteiger partial charge in [0.25, 0.3) is 0 Å². The molecule has 0 bridgehead atoms. The SMILES string of the molecule is Cc1ccc(C(c2ccccc2)(c2ccc(C3(C)CCN(C)CC3)cc2)C(F)(F)F)cc1. The third-order valence-electron chi connectivity index (χ3n) is 7.22. The van der Waals surface area contributed by atoms with E-state index < -0.39 is 11.6 Å². The number of likely N-dealkylation sites (tertiary alicyclic amines) is 1. The van der Waals surface area contributed by atoms with E-state index in [0.29, 0.717) is 0 Å². The van der Waals surface area contributed by atoms with Crippen LogP contribution in [0.25, 0.3) is 0 Å². The van der Waals surface area contributed by atoms with Crippen LogP contribution in [-0.2, 0) is 10.8 Å². The predicted octanol–water partition coefficient (Wildman–Crippen LogP) is 6.88. The summed E-state index contributed by atoms with van der Waals surface area (Å²) in [5.41, 5.74) is 0.525. The van der Waals surface area contributed by atoms with Crippen molar-refractivity contribution in [1.29, 1.82) is 0 Å². The van der Waals surface area contributed by atoms with Crippen LogP contribution in [0.1, 0.15) is 47.6 Å². The predicted molar refractivity (Wildman–Crippen MR) is 124 cm³/mol. The number of halogens is 3. The van der Waals surface area contributed by atoms with Crippen molar-refractivity contribution in [2.75, 3.05) is 20.1 Å². The normalized spacial score (nSPS) is 18.8. The Labute approximate surface area is 188 Å². The van der Waals surface area contributed by atoms with Gasteiger partial charge in [0.1, 0.15) is 5.41 Å². The van der Waals surface area contributed by atoms with Crippen LogP contribution in [0.4, 0.5) is 13.2 Å². The van der Waals surface area contributed by atoms with Crippen molar-refractivity contribution in [3.63, 3.8) is 0 Å². The number of hydrogen-bond acceptors (Lipinski definition) is 1. The lowest BCUT2D eigenvalue weighted by Gasteiger charge is -2.40. The van der Waals surface area contributed by atoms with E-state index in [1.807, 2.05) is 19.1 Å². The number of nitrogens with zero attached hydrogens (tertiary/aromatic N) is 1. The third kappa shape index (κ3) is 3.86. The maximum atomic E-state index is 15.1. The zero-order valence-corrected chi connectivity index (χ0v) is 18.9. The maximum absolute atomic E-state index is 15.1. The Morgan fingerprint density at radius 1 is 0.719 bits per heavy atom. The van der Waals surface area contributed by atoms with E-state index in [-0.39, 0.29) is 22.1 Å². The van der Waals surface area contributed by atoms with Gasteiger partial charge in [-0.2, -0.15) is 13.2 Å². The summed E-state index contributed by atoms with van der Waals surface area (Å²) in [5.74, 6) is 0. The first kappa shape index (κ1) is 22.6. The topological polar surface area (TPSA) is 3.24 Å². The molecule has 4 rings (SSSR count). The van der Waals surface area contributed by atoms with E-state index in [2.05, 4.69) is 18.9 Å². The zero-order valence-electron chi connectivity index (χ0n) is 18.9. The Hall–Kier alpha value is -2.59. The van der Waals surface area contributed by atoms with Crippen LogP contribution >= 0.6 is 0 Å². The molecule has 1 fully saturated rings.